The fraction of sp³-hybridized carbons (Fsp3) is 0.333. The molecule has 0 spiro atoms. The third kappa shape index (κ3) is 3.47. The predicted molar refractivity (Wildman–Crippen MR) is 62.8 cm³/mol. The summed E-state index contributed by atoms with van der Waals surface area (Å²) in [7, 11) is 0. The number of benzene rings is 1. The number of ether oxygens (including phenoxy) is 1. The van der Waals surface area contributed by atoms with Crippen LogP contribution in [-0.2, 0) is 9.57 Å². The van der Waals surface area contributed by atoms with E-state index in [1.54, 1.807) is 0 Å². The summed E-state index contributed by atoms with van der Waals surface area (Å²) in [5.74, 6) is -1.54. The number of morpholine rings is 1. The van der Waals surface area contributed by atoms with E-state index in [0.717, 1.165) is 18.3 Å². The number of oxime groups is 1. The summed E-state index contributed by atoms with van der Waals surface area (Å²) in [6, 6.07) is 3.42. The Morgan fingerprint density at radius 2 is 1.95 bits per heavy atom. The Bertz CT molecular complexity index is 468. The van der Waals surface area contributed by atoms with E-state index in [0.29, 0.717) is 26.3 Å². The fourth-order valence-corrected chi connectivity index (χ4v) is 1.56. The van der Waals surface area contributed by atoms with Gasteiger partial charge in [-0.15, -0.1) is 0 Å². The molecule has 0 unspecified atom stereocenters. The molecule has 1 aliphatic rings. The second-order valence-electron chi connectivity index (χ2n) is 3.83. The molecule has 1 aromatic carbocycles. The summed E-state index contributed by atoms with van der Waals surface area (Å²) in [6.45, 7) is 1.67. The average Bonchev–Trinajstić information content (AvgIpc) is 2.43. The van der Waals surface area contributed by atoms with Crippen molar-refractivity contribution in [3.05, 3.63) is 35.4 Å². The first kappa shape index (κ1) is 13.4. The Labute approximate surface area is 108 Å². The van der Waals surface area contributed by atoms with Gasteiger partial charge in [-0.2, -0.15) is 0 Å². The van der Waals surface area contributed by atoms with Crippen molar-refractivity contribution in [1.82, 2.24) is 4.90 Å². The fourth-order valence-electron chi connectivity index (χ4n) is 1.56. The lowest BCUT2D eigenvalue weighted by Crippen LogP contribution is -2.40. The van der Waals surface area contributed by atoms with Crippen LogP contribution >= 0.6 is 0 Å². The van der Waals surface area contributed by atoms with Crippen LogP contribution in [0.15, 0.2) is 23.4 Å². The Kier molecular flexibility index (Phi) is 4.40. The number of amides is 1. The first-order valence-electron chi connectivity index (χ1n) is 5.69. The van der Waals surface area contributed by atoms with Gasteiger partial charge in [0.05, 0.1) is 25.0 Å². The van der Waals surface area contributed by atoms with Gasteiger partial charge in [0.15, 0.2) is 0 Å². The molecule has 1 amide bonds. The maximum Gasteiger partial charge on any atom is 0.436 e. The van der Waals surface area contributed by atoms with Crippen LogP contribution in [0.3, 0.4) is 0 Å². The highest BCUT2D eigenvalue weighted by Gasteiger charge is 2.18. The molecule has 1 fully saturated rings. The van der Waals surface area contributed by atoms with Gasteiger partial charge in [-0.25, -0.2) is 13.6 Å². The topological polar surface area (TPSA) is 51.1 Å². The molecule has 0 atom stereocenters. The minimum Gasteiger partial charge on any atom is -0.378 e. The Balaban J connectivity index is 1.94. The maximum atomic E-state index is 13.2. The van der Waals surface area contributed by atoms with Crippen molar-refractivity contribution < 1.29 is 23.1 Å². The van der Waals surface area contributed by atoms with Crippen LogP contribution in [0.4, 0.5) is 13.6 Å². The number of carbonyl (C=O) groups excluding carboxylic acids is 1. The van der Waals surface area contributed by atoms with E-state index in [2.05, 4.69) is 9.99 Å². The van der Waals surface area contributed by atoms with Crippen molar-refractivity contribution >= 4 is 12.3 Å². The highest BCUT2D eigenvalue weighted by atomic mass is 19.1. The van der Waals surface area contributed by atoms with Crippen LogP contribution in [0.1, 0.15) is 5.56 Å². The largest absolute Gasteiger partial charge is 0.436 e. The summed E-state index contributed by atoms with van der Waals surface area (Å²) in [5.41, 5.74) is -0.350. The van der Waals surface area contributed by atoms with Gasteiger partial charge in [-0.1, -0.05) is 11.2 Å². The van der Waals surface area contributed by atoms with E-state index in [-0.39, 0.29) is 5.56 Å². The maximum absolute atomic E-state index is 13.2. The lowest BCUT2D eigenvalue weighted by Gasteiger charge is -2.24. The SMILES string of the molecule is O=C(O/N=C/c1c(F)cccc1F)N1CCOCC1. The van der Waals surface area contributed by atoms with E-state index in [4.69, 9.17) is 4.74 Å². The van der Waals surface area contributed by atoms with Gasteiger partial charge in [0.25, 0.3) is 0 Å². The van der Waals surface area contributed by atoms with Crippen molar-refractivity contribution in [1.29, 1.82) is 0 Å². The number of carbonyl (C=O) groups is 1. The van der Waals surface area contributed by atoms with Crippen molar-refractivity contribution in [2.75, 3.05) is 26.3 Å². The van der Waals surface area contributed by atoms with Crippen molar-refractivity contribution in [3.63, 3.8) is 0 Å². The van der Waals surface area contributed by atoms with Gasteiger partial charge in [0, 0.05) is 13.1 Å². The van der Waals surface area contributed by atoms with Crippen LogP contribution in [-0.4, -0.2) is 43.5 Å². The molecular weight excluding hydrogens is 258 g/mol. The molecule has 0 radical (unpaired) electrons. The van der Waals surface area contributed by atoms with Gasteiger partial charge < -0.3 is 9.64 Å². The number of nitrogens with zero attached hydrogens (tertiary/aromatic N) is 2. The first-order chi connectivity index (χ1) is 9.18. The molecule has 1 saturated heterocycles. The molecule has 0 aromatic heterocycles. The standard InChI is InChI=1S/C12H12F2N2O3/c13-10-2-1-3-11(14)9(10)8-15-19-12(17)16-4-6-18-7-5-16/h1-3,8H,4-7H2/b15-8+. The van der Waals surface area contributed by atoms with Gasteiger partial charge in [0.1, 0.15) is 11.6 Å². The number of hydrogen-bond acceptors (Lipinski definition) is 4. The molecule has 2 rings (SSSR count). The second kappa shape index (κ2) is 6.24. The van der Waals surface area contributed by atoms with Gasteiger partial charge in [-0.3, -0.25) is 4.84 Å². The number of hydrogen-bond donors (Lipinski definition) is 0. The third-order valence-corrected chi connectivity index (χ3v) is 2.58. The Morgan fingerprint density at radius 1 is 1.32 bits per heavy atom. The Morgan fingerprint density at radius 3 is 2.58 bits per heavy atom. The monoisotopic (exact) mass is 270 g/mol. The predicted octanol–water partition coefficient (Wildman–Crippen LogP) is 1.77. The minimum absolute atomic E-state index is 0.350. The summed E-state index contributed by atoms with van der Waals surface area (Å²) in [4.78, 5) is 17.5. The van der Waals surface area contributed by atoms with Crippen LogP contribution in [0.5, 0.6) is 0 Å². The van der Waals surface area contributed by atoms with Crippen LogP contribution in [0.25, 0.3) is 0 Å². The summed E-state index contributed by atoms with van der Waals surface area (Å²) in [5, 5.41) is 3.30. The van der Waals surface area contributed by atoms with Crippen LogP contribution in [0.2, 0.25) is 0 Å². The van der Waals surface area contributed by atoms with Crippen molar-refractivity contribution in [2.24, 2.45) is 5.16 Å². The van der Waals surface area contributed by atoms with Crippen LogP contribution in [0, 0.1) is 11.6 Å². The molecular formula is C12H12F2N2O3. The molecule has 1 aromatic rings. The molecule has 0 aliphatic carbocycles. The normalized spacial score (nSPS) is 15.8. The molecule has 0 N–H and O–H groups in total. The molecule has 7 heteroatoms. The zero-order valence-corrected chi connectivity index (χ0v) is 10.0. The zero-order chi connectivity index (χ0) is 13.7. The highest BCUT2D eigenvalue weighted by Crippen LogP contribution is 2.09. The van der Waals surface area contributed by atoms with Gasteiger partial charge in [0.2, 0.25) is 0 Å². The molecule has 1 aliphatic heterocycles. The minimum atomic E-state index is -0.772. The van der Waals surface area contributed by atoms with Gasteiger partial charge >= 0.3 is 6.09 Å². The number of rotatable bonds is 2. The van der Waals surface area contributed by atoms with E-state index in [1.165, 1.54) is 11.0 Å². The zero-order valence-electron chi connectivity index (χ0n) is 10.0. The Hall–Kier alpha value is -2.02. The van der Waals surface area contributed by atoms with E-state index in [9.17, 15) is 13.6 Å². The van der Waals surface area contributed by atoms with E-state index in [1.807, 2.05) is 0 Å². The molecule has 5 nitrogen and oxygen atoms in total. The molecule has 1 heterocycles. The van der Waals surface area contributed by atoms with Gasteiger partial charge in [-0.05, 0) is 12.1 Å². The summed E-state index contributed by atoms with van der Waals surface area (Å²) >= 11 is 0. The van der Waals surface area contributed by atoms with E-state index < -0.39 is 17.7 Å². The second-order valence-corrected chi connectivity index (χ2v) is 3.83. The first-order valence-corrected chi connectivity index (χ1v) is 5.69. The lowest BCUT2D eigenvalue weighted by atomic mass is 10.2. The van der Waals surface area contributed by atoms with E-state index >= 15 is 0 Å². The third-order valence-electron chi connectivity index (χ3n) is 2.58. The summed E-state index contributed by atoms with van der Waals surface area (Å²) in [6.07, 6.45) is 0.166. The smallest absolute Gasteiger partial charge is 0.378 e. The van der Waals surface area contributed by atoms with Crippen molar-refractivity contribution in [3.8, 4) is 0 Å². The molecule has 0 bridgehead atoms. The highest BCUT2D eigenvalue weighted by molar-refractivity contribution is 5.80. The quantitative estimate of drug-likeness (QED) is 0.467. The lowest BCUT2D eigenvalue weighted by molar-refractivity contribution is 0.0281. The molecule has 102 valence electrons. The molecule has 19 heavy (non-hydrogen) atoms. The molecule has 0 saturated carbocycles. The number of halogens is 2. The van der Waals surface area contributed by atoms with Crippen molar-refractivity contribution in [2.45, 2.75) is 0 Å². The average molecular weight is 270 g/mol. The van der Waals surface area contributed by atoms with Crippen LogP contribution < -0.4 is 0 Å². The summed E-state index contributed by atoms with van der Waals surface area (Å²) < 4.78 is 31.5.